The number of para-hydroxylation sites is 1. The van der Waals surface area contributed by atoms with E-state index in [1.54, 1.807) is 13.1 Å². The van der Waals surface area contributed by atoms with Crippen LogP contribution in [0.25, 0.3) is 10.9 Å². The number of aryl methyl sites for hydroxylation is 1. The van der Waals surface area contributed by atoms with Crippen molar-refractivity contribution in [1.29, 1.82) is 0 Å². The summed E-state index contributed by atoms with van der Waals surface area (Å²) in [6, 6.07) is 18.0. The summed E-state index contributed by atoms with van der Waals surface area (Å²) in [5, 5.41) is 0.975. The monoisotopic (exact) mass is 399 g/mol. The molecule has 0 spiro atoms. The van der Waals surface area contributed by atoms with Crippen LogP contribution in [-0.2, 0) is 4.79 Å². The zero-order valence-corrected chi connectivity index (χ0v) is 17.3. The number of aromatic nitrogens is 1. The van der Waals surface area contributed by atoms with Crippen molar-refractivity contribution in [3.8, 4) is 0 Å². The van der Waals surface area contributed by atoms with Gasteiger partial charge in [0, 0.05) is 50.0 Å². The van der Waals surface area contributed by atoms with Gasteiger partial charge in [-0.05, 0) is 30.2 Å². The van der Waals surface area contributed by atoms with E-state index < -0.39 is 0 Å². The van der Waals surface area contributed by atoms with Gasteiger partial charge in [-0.25, -0.2) is 0 Å². The van der Waals surface area contributed by atoms with Crippen LogP contribution >= 0.6 is 0 Å². The number of rotatable bonds is 2. The van der Waals surface area contributed by atoms with Crippen LogP contribution < -0.4 is 0 Å². The van der Waals surface area contributed by atoms with Gasteiger partial charge < -0.3 is 9.80 Å². The molecule has 2 aromatic carbocycles. The molecule has 0 N–H and O–H groups in total. The number of nitrogens with zero attached hydrogens (tertiary/aromatic N) is 3. The molecule has 3 aromatic rings. The van der Waals surface area contributed by atoms with Crippen molar-refractivity contribution in [1.82, 2.24) is 14.8 Å². The summed E-state index contributed by atoms with van der Waals surface area (Å²) in [6.07, 6.45) is 1.73. The standard InChI is InChI=1S/C25H25N3O2/c1-16-7-3-4-10-20(16)24-22-15-27(13-19(22)14-28(24)17(2)29)25(30)21-11-5-8-18-9-6-12-26-23(18)21/h3-12,19,22,24H,13-15H2,1-2H3/t19-,22-,24-/m1/s1. The fourth-order valence-corrected chi connectivity index (χ4v) is 5.30. The van der Waals surface area contributed by atoms with Gasteiger partial charge >= 0.3 is 0 Å². The Morgan fingerprint density at radius 2 is 1.77 bits per heavy atom. The van der Waals surface area contributed by atoms with E-state index >= 15 is 0 Å². The minimum Gasteiger partial charge on any atom is -0.338 e. The van der Waals surface area contributed by atoms with E-state index in [0.29, 0.717) is 31.1 Å². The molecule has 2 saturated heterocycles. The van der Waals surface area contributed by atoms with Crippen LogP contribution in [0.3, 0.4) is 0 Å². The number of carbonyl (C=O) groups is 2. The van der Waals surface area contributed by atoms with Gasteiger partial charge in [-0.1, -0.05) is 42.5 Å². The van der Waals surface area contributed by atoms with Gasteiger partial charge in [0.2, 0.25) is 5.91 Å². The number of fused-ring (bicyclic) bond motifs is 2. The summed E-state index contributed by atoms with van der Waals surface area (Å²) >= 11 is 0. The van der Waals surface area contributed by atoms with Gasteiger partial charge in [-0.3, -0.25) is 14.6 Å². The third-order valence-corrected chi connectivity index (χ3v) is 6.73. The third kappa shape index (κ3) is 2.96. The minimum atomic E-state index is 0.0251. The number of likely N-dealkylation sites (tertiary alicyclic amines) is 2. The lowest BCUT2D eigenvalue weighted by molar-refractivity contribution is -0.130. The fourth-order valence-electron chi connectivity index (χ4n) is 5.30. The van der Waals surface area contributed by atoms with E-state index in [0.717, 1.165) is 10.9 Å². The Balaban J connectivity index is 1.46. The molecule has 2 fully saturated rings. The summed E-state index contributed by atoms with van der Waals surface area (Å²) in [7, 11) is 0. The van der Waals surface area contributed by atoms with E-state index in [1.165, 1.54) is 11.1 Å². The molecular weight excluding hydrogens is 374 g/mol. The van der Waals surface area contributed by atoms with Crippen LogP contribution in [0.4, 0.5) is 0 Å². The summed E-state index contributed by atoms with van der Waals surface area (Å²) in [5.41, 5.74) is 3.80. The first kappa shape index (κ1) is 18.8. The molecule has 2 amide bonds. The average molecular weight is 399 g/mol. The highest BCUT2D eigenvalue weighted by atomic mass is 16.2. The molecule has 0 bridgehead atoms. The number of hydrogen-bond donors (Lipinski definition) is 0. The fraction of sp³-hybridized carbons (Fsp3) is 0.320. The van der Waals surface area contributed by atoms with Gasteiger partial charge in [-0.15, -0.1) is 0 Å². The molecule has 1 aromatic heterocycles. The van der Waals surface area contributed by atoms with Crippen molar-refractivity contribution in [2.45, 2.75) is 19.9 Å². The highest BCUT2D eigenvalue weighted by Crippen LogP contribution is 2.46. The Morgan fingerprint density at radius 1 is 0.967 bits per heavy atom. The zero-order chi connectivity index (χ0) is 20.8. The first-order valence-electron chi connectivity index (χ1n) is 10.5. The Bertz CT molecular complexity index is 1140. The number of amides is 2. The zero-order valence-electron chi connectivity index (χ0n) is 17.3. The molecule has 0 unspecified atom stereocenters. The molecule has 152 valence electrons. The number of carbonyl (C=O) groups excluding carboxylic acids is 2. The second-order valence-corrected chi connectivity index (χ2v) is 8.49. The van der Waals surface area contributed by atoms with Gasteiger partial charge in [-0.2, -0.15) is 0 Å². The second kappa shape index (κ2) is 7.24. The maximum atomic E-state index is 13.4. The molecule has 0 radical (unpaired) electrons. The number of hydrogen-bond acceptors (Lipinski definition) is 3. The lowest BCUT2D eigenvalue weighted by Gasteiger charge is -2.30. The maximum Gasteiger partial charge on any atom is 0.256 e. The Hall–Kier alpha value is -3.21. The molecule has 5 nitrogen and oxygen atoms in total. The molecule has 5 heteroatoms. The highest BCUT2D eigenvalue weighted by Gasteiger charge is 2.49. The predicted octanol–water partition coefficient (Wildman–Crippen LogP) is 3.83. The topological polar surface area (TPSA) is 53.5 Å². The van der Waals surface area contributed by atoms with Crippen molar-refractivity contribution in [3.05, 3.63) is 77.5 Å². The number of benzene rings is 2. The van der Waals surface area contributed by atoms with Gasteiger partial charge in [0.25, 0.3) is 5.91 Å². The van der Waals surface area contributed by atoms with Crippen LogP contribution in [-0.4, -0.2) is 46.2 Å². The quantitative estimate of drug-likeness (QED) is 0.658. The molecule has 0 saturated carbocycles. The minimum absolute atomic E-state index is 0.0251. The van der Waals surface area contributed by atoms with Crippen molar-refractivity contribution < 1.29 is 9.59 Å². The largest absolute Gasteiger partial charge is 0.338 e. The van der Waals surface area contributed by atoms with Crippen molar-refractivity contribution >= 4 is 22.7 Å². The van der Waals surface area contributed by atoms with E-state index in [9.17, 15) is 9.59 Å². The lowest BCUT2D eigenvalue weighted by atomic mass is 9.87. The van der Waals surface area contributed by atoms with E-state index in [-0.39, 0.29) is 23.8 Å². The maximum absolute atomic E-state index is 13.4. The van der Waals surface area contributed by atoms with Gasteiger partial charge in [0.15, 0.2) is 0 Å². The highest BCUT2D eigenvalue weighted by molar-refractivity contribution is 6.05. The Morgan fingerprint density at radius 3 is 2.57 bits per heavy atom. The first-order chi connectivity index (χ1) is 14.5. The summed E-state index contributed by atoms with van der Waals surface area (Å²) in [4.78, 5) is 34.2. The Kier molecular flexibility index (Phi) is 4.54. The average Bonchev–Trinajstić information content (AvgIpc) is 3.32. The smallest absolute Gasteiger partial charge is 0.256 e. The molecule has 3 atom stereocenters. The Labute approximate surface area is 176 Å². The van der Waals surface area contributed by atoms with E-state index in [2.05, 4.69) is 24.0 Å². The van der Waals surface area contributed by atoms with Crippen LogP contribution in [0.2, 0.25) is 0 Å². The second-order valence-electron chi connectivity index (χ2n) is 8.49. The van der Waals surface area contributed by atoms with Crippen molar-refractivity contribution in [2.24, 2.45) is 11.8 Å². The third-order valence-electron chi connectivity index (χ3n) is 6.73. The molecular formula is C25H25N3O2. The SMILES string of the molecule is CC(=O)N1C[C@H]2CN(C(=O)c3cccc4cccnc34)C[C@H]2[C@H]1c1ccccc1C. The predicted molar refractivity (Wildman–Crippen MR) is 116 cm³/mol. The summed E-state index contributed by atoms with van der Waals surface area (Å²) in [6.45, 7) is 5.79. The molecule has 2 aliphatic rings. The number of pyridine rings is 1. The van der Waals surface area contributed by atoms with Gasteiger partial charge in [0.1, 0.15) is 0 Å². The normalized spacial score (nSPS) is 23.1. The van der Waals surface area contributed by atoms with Crippen molar-refractivity contribution in [2.75, 3.05) is 19.6 Å². The molecule has 0 aliphatic carbocycles. The van der Waals surface area contributed by atoms with E-state index in [1.807, 2.05) is 52.3 Å². The molecule has 2 aliphatic heterocycles. The lowest BCUT2D eigenvalue weighted by Crippen LogP contribution is -2.36. The summed E-state index contributed by atoms with van der Waals surface area (Å²) < 4.78 is 0. The van der Waals surface area contributed by atoms with Gasteiger partial charge in [0.05, 0.1) is 17.1 Å². The summed E-state index contributed by atoms with van der Waals surface area (Å²) in [5.74, 6) is 0.688. The molecule has 30 heavy (non-hydrogen) atoms. The molecule has 3 heterocycles. The first-order valence-corrected chi connectivity index (χ1v) is 10.5. The molecule has 5 rings (SSSR count). The van der Waals surface area contributed by atoms with E-state index in [4.69, 9.17) is 0 Å². The van der Waals surface area contributed by atoms with Crippen molar-refractivity contribution in [3.63, 3.8) is 0 Å². The van der Waals surface area contributed by atoms with Crippen LogP contribution in [0, 0.1) is 18.8 Å². The van der Waals surface area contributed by atoms with Crippen LogP contribution in [0.5, 0.6) is 0 Å². The van der Waals surface area contributed by atoms with Crippen LogP contribution in [0.15, 0.2) is 60.8 Å². The van der Waals surface area contributed by atoms with Crippen LogP contribution in [0.1, 0.15) is 34.5 Å².